The van der Waals surface area contributed by atoms with Gasteiger partial charge >= 0.3 is 7.12 Å². The van der Waals surface area contributed by atoms with E-state index in [-0.39, 0.29) is 17.6 Å². The van der Waals surface area contributed by atoms with Crippen molar-refractivity contribution in [2.75, 3.05) is 0 Å². The zero-order valence-corrected chi connectivity index (χ0v) is 9.32. The Morgan fingerprint density at radius 2 is 2.11 bits per heavy atom. The third kappa shape index (κ3) is 2.82. The Kier molecular flexibility index (Phi) is 3.54. The monoisotopic (exact) mass is 248 g/mol. The van der Waals surface area contributed by atoms with E-state index in [0.29, 0.717) is 5.56 Å². The Bertz CT molecular complexity index is 615. The maximum absolute atomic E-state index is 13.3. The van der Waals surface area contributed by atoms with Crippen molar-refractivity contribution in [3.63, 3.8) is 0 Å². The molecule has 0 bridgehead atoms. The number of benzene rings is 1. The van der Waals surface area contributed by atoms with Gasteiger partial charge in [-0.3, -0.25) is 9.36 Å². The molecule has 0 aliphatic carbocycles. The molecular weight excluding hydrogens is 238 g/mol. The third-order valence-corrected chi connectivity index (χ3v) is 2.42. The predicted molar refractivity (Wildman–Crippen MR) is 63.8 cm³/mol. The van der Waals surface area contributed by atoms with Crippen LogP contribution in [0.15, 0.2) is 41.6 Å². The molecule has 0 saturated heterocycles. The molecule has 0 aliphatic heterocycles. The van der Waals surface area contributed by atoms with Crippen molar-refractivity contribution in [2.45, 2.75) is 6.54 Å². The van der Waals surface area contributed by atoms with Crippen LogP contribution in [0.5, 0.6) is 0 Å². The number of halogens is 1. The molecule has 1 aromatic carbocycles. The molecule has 0 saturated carbocycles. The maximum atomic E-state index is 13.3. The van der Waals surface area contributed by atoms with Crippen LogP contribution in [0, 0.1) is 5.82 Å². The second-order valence-electron chi connectivity index (χ2n) is 3.81. The van der Waals surface area contributed by atoms with Gasteiger partial charge in [-0.15, -0.1) is 0 Å². The molecule has 0 aliphatic rings. The first-order valence-corrected chi connectivity index (χ1v) is 5.22. The van der Waals surface area contributed by atoms with Crippen molar-refractivity contribution < 1.29 is 14.4 Å². The second kappa shape index (κ2) is 5.11. The molecule has 0 atom stereocenters. The standard InChI is InChI=1S/C11H10BFN2O3/c13-10-4-8(3-9(5-10)12(17)18)6-15-7-14-2-1-11(15)16/h1-5,7,17-18H,6H2. The number of nitrogens with zero attached hydrogens (tertiary/aromatic N) is 2. The maximum Gasteiger partial charge on any atom is 0.488 e. The van der Waals surface area contributed by atoms with Gasteiger partial charge in [-0.2, -0.15) is 0 Å². The number of rotatable bonds is 3. The molecule has 0 fully saturated rings. The molecular formula is C11H10BFN2O3. The van der Waals surface area contributed by atoms with Gasteiger partial charge in [0.2, 0.25) is 0 Å². The fourth-order valence-corrected chi connectivity index (χ4v) is 1.61. The third-order valence-electron chi connectivity index (χ3n) is 2.42. The van der Waals surface area contributed by atoms with E-state index >= 15 is 0 Å². The lowest BCUT2D eigenvalue weighted by molar-refractivity contribution is 0.425. The average molecular weight is 248 g/mol. The molecule has 1 aromatic heterocycles. The zero-order chi connectivity index (χ0) is 13.1. The normalized spacial score (nSPS) is 10.4. The van der Waals surface area contributed by atoms with E-state index in [4.69, 9.17) is 10.0 Å². The summed E-state index contributed by atoms with van der Waals surface area (Å²) in [6.07, 6.45) is 2.70. The van der Waals surface area contributed by atoms with Gasteiger partial charge in [-0.1, -0.05) is 6.07 Å². The van der Waals surface area contributed by atoms with E-state index in [1.165, 1.54) is 35.3 Å². The highest BCUT2D eigenvalue weighted by molar-refractivity contribution is 6.58. The molecule has 5 nitrogen and oxygen atoms in total. The second-order valence-corrected chi connectivity index (χ2v) is 3.81. The van der Waals surface area contributed by atoms with Gasteiger partial charge in [-0.25, -0.2) is 9.37 Å². The lowest BCUT2D eigenvalue weighted by atomic mass is 9.79. The van der Waals surface area contributed by atoms with E-state index < -0.39 is 12.9 Å². The quantitative estimate of drug-likeness (QED) is 0.691. The van der Waals surface area contributed by atoms with Crippen LogP contribution in [-0.4, -0.2) is 26.7 Å². The fraction of sp³-hybridized carbons (Fsp3) is 0.0909. The average Bonchev–Trinajstić information content (AvgIpc) is 2.31. The van der Waals surface area contributed by atoms with E-state index in [1.54, 1.807) is 0 Å². The SMILES string of the molecule is O=c1ccncn1Cc1cc(F)cc(B(O)O)c1. The minimum Gasteiger partial charge on any atom is -0.423 e. The molecule has 0 unspecified atom stereocenters. The van der Waals surface area contributed by atoms with Crippen molar-refractivity contribution in [3.8, 4) is 0 Å². The molecule has 0 radical (unpaired) electrons. The summed E-state index contributed by atoms with van der Waals surface area (Å²) in [5, 5.41) is 18.0. The fourth-order valence-electron chi connectivity index (χ4n) is 1.61. The van der Waals surface area contributed by atoms with Crippen LogP contribution in [-0.2, 0) is 6.54 Å². The Balaban J connectivity index is 2.35. The molecule has 2 rings (SSSR count). The zero-order valence-electron chi connectivity index (χ0n) is 9.32. The van der Waals surface area contributed by atoms with Crippen LogP contribution in [0.1, 0.15) is 5.56 Å². The van der Waals surface area contributed by atoms with Crippen molar-refractivity contribution in [2.24, 2.45) is 0 Å². The first-order chi connectivity index (χ1) is 8.56. The summed E-state index contributed by atoms with van der Waals surface area (Å²) >= 11 is 0. The van der Waals surface area contributed by atoms with Crippen molar-refractivity contribution in [1.29, 1.82) is 0 Å². The molecule has 2 N–H and O–H groups in total. The summed E-state index contributed by atoms with van der Waals surface area (Å²) in [5.74, 6) is -0.590. The lowest BCUT2D eigenvalue weighted by Crippen LogP contribution is -2.31. The highest BCUT2D eigenvalue weighted by Gasteiger charge is 2.13. The van der Waals surface area contributed by atoms with Crippen LogP contribution < -0.4 is 11.0 Å². The molecule has 7 heteroatoms. The van der Waals surface area contributed by atoms with Crippen molar-refractivity contribution >= 4 is 12.6 Å². The summed E-state index contributed by atoms with van der Waals surface area (Å²) in [4.78, 5) is 15.2. The highest BCUT2D eigenvalue weighted by Crippen LogP contribution is 2.03. The Labute approximate surface area is 102 Å². The largest absolute Gasteiger partial charge is 0.488 e. The van der Waals surface area contributed by atoms with Crippen molar-refractivity contribution in [3.05, 3.63) is 58.5 Å². The summed E-state index contributed by atoms with van der Waals surface area (Å²) in [7, 11) is -1.75. The van der Waals surface area contributed by atoms with Crippen LogP contribution in [0.25, 0.3) is 0 Å². The predicted octanol–water partition coefficient (Wildman–Crippen LogP) is -0.890. The summed E-state index contributed by atoms with van der Waals surface area (Å²) in [6, 6.07) is 4.97. The van der Waals surface area contributed by atoms with E-state index in [1.807, 2.05) is 0 Å². The first kappa shape index (κ1) is 12.5. The van der Waals surface area contributed by atoms with Gasteiger partial charge in [0.1, 0.15) is 5.82 Å². The smallest absolute Gasteiger partial charge is 0.423 e. The van der Waals surface area contributed by atoms with E-state index in [0.717, 1.165) is 6.07 Å². The van der Waals surface area contributed by atoms with Crippen LogP contribution in [0.2, 0.25) is 0 Å². The molecule has 1 heterocycles. The Morgan fingerprint density at radius 1 is 1.33 bits per heavy atom. The number of hydrogen-bond acceptors (Lipinski definition) is 4. The highest BCUT2D eigenvalue weighted by atomic mass is 19.1. The molecule has 0 spiro atoms. The summed E-state index contributed by atoms with van der Waals surface area (Å²) in [5.41, 5.74) is 0.232. The van der Waals surface area contributed by atoms with Gasteiger partial charge in [0, 0.05) is 12.3 Å². The number of hydrogen-bond donors (Lipinski definition) is 2. The molecule has 92 valence electrons. The molecule has 2 aromatic rings. The van der Waals surface area contributed by atoms with Gasteiger partial charge in [-0.05, 0) is 23.2 Å². The summed E-state index contributed by atoms with van der Waals surface area (Å²) < 4.78 is 14.6. The molecule has 18 heavy (non-hydrogen) atoms. The Morgan fingerprint density at radius 3 is 2.78 bits per heavy atom. The first-order valence-electron chi connectivity index (χ1n) is 5.22. The topological polar surface area (TPSA) is 75.4 Å². The minimum absolute atomic E-state index is 0.0435. The van der Waals surface area contributed by atoms with Gasteiger partial charge in [0.15, 0.2) is 0 Å². The van der Waals surface area contributed by atoms with Crippen LogP contribution in [0.4, 0.5) is 4.39 Å². The Hall–Kier alpha value is -1.99. The summed E-state index contributed by atoms with van der Waals surface area (Å²) in [6.45, 7) is 0.115. The van der Waals surface area contributed by atoms with E-state index in [2.05, 4.69) is 4.98 Å². The van der Waals surface area contributed by atoms with Crippen LogP contribution >= 0.6 is 0 Å². The van der Waals surface area contributed by atoms with Crippen LogP contribution in [0.3, 0.4) is 0 Å². The lowest BCUT2D eigenvalue weighted by Gasteiger charge is -2.07. The minimum atomic E-state index is -1.75. The van der Waals surface area contributed by atoms with Gasteiger partial charge < -0.3 is 10.0 Å². The van der Waals surface area contributed by atoms with Gasteiger partial charge in [0.05, 0.1) is 12.9 Å². The van der Waals surface area contributed by atoms with Gasteiger partial charge in [0.25, 0.3) is 5.56 Å². The van der Waals surface area contributed by atoms with E-state index in [9.17, 15) is 9.18 Å². The molecule has 0 amide bonds. The van der Waals surface area contributed by atoms with Crippen molar-refractivity contribution in [1.82, 2.24) is 9.55 Å². The number of aromatic nitrogens is 2.